The number of nitrogens with zero attached hydrogens (tertiary/aromatic N) is 1. The third-order valence-corrected chi connectivity index (χ3v) is 4.68. The van der Waals surface area contributed by atoms with Gasteiger partial charge in [-0.25, -0.2) is 0 Å². The highest BCUT2D eigenvalue weighted by molar-refractivity contribution is 7.71. The Morgan fingerprint density at radius 3 is 2.79 bits per heavy atom. The Kier molecular flexibility index (Phi) is 4.23. The number of nitrogens with one attached hydrogen (secondary N) is 1. The summed E-state index contributed by atoms with van der Waals surface area (Å²) in [7, 11) is 0. The summed E-state index contributed by atoms with van der Waals surface area (Å²) in [5.41, 5.74) is 1.02. The average molecular weight is 298 g/mol. The van der Waals surface area contributed by atoms with Gasteiger partial charge in [-0.05, 0) is 45.5 Å². The molecule has 6 heteroatoms. The SMILES string of the molecule is CCOCC(C)n1c(=S)[nH]c2sc(C)c(C)c2c1=O. The Morgan fingerprint density at radius 2 is 2.16 bits per heavy atom. The van der Waals surface area contributed by atoms with Crippen LogP contribution in [0.4, 0.5) is 0 Å². The summed E-state index contributed by atoms with van der Waals surface area (Å²) in [6.07, 6.45) is 0. The number of hydrogen-bond donors (Lipinski definition) is 1. The Labute approximate surface area is 121 Å². The summed E-state index contributed by atoms with van der Waals surface area (Å²) in [5, 5.41) is 0.749. The molecule has 0 saturated heterocycles. The maximum absolute atomic E-state index is 12.6. The predicted molar refractivity (Wildman–Crippen MR) is 81.9 cm³/mol. The summed E-state index contributed by atoms with van der Waals surface area (Å²) in [6, 6.07) is -0.0693. The van der Waals surface area contributed by atoms with Crippen molar-refractivity contribution in [2.75, 3.05) is 13.2 Å². The smallest absolute Gasteiger partial charge is 0.263 e. The Bertz CT molecular complexity index is 712. The number of aryl methyl sites for hydroxylation is 2. The van der Waals surface area contributed by atoms with Crippen LogP contribution in [0.15, 0.2) is 4.79 Å². The van der Waals surface area contributed by atoms with Gasteiger partial charge >= 0.3 is 0 Å². The van der Waals surface area contributed by atoms with Crippen LogP contribution in [0, 0.1) is 18.6 Å². The zero-order chi connectivity index (χ0) is 14.2. The third kappa shape index (κ3) is 2.52. The molecule has 0 bridgehead atoms. The number of rotatable bonds is 4. The van der Waals surface area contributed by atoms with E-state index in [2.05, 4.69) is 4.98 Å². The number of aromatic nitrogens is 2. The molecular formula is C13H18N2O2S2. The van der Waals surface area contributed by atoms with E-state index in [0.717, 1.165) is 20.7 Å². The molecule has 2 rings (SSSR count). The standard InChI is InChI=1S/C13H18N2O2S2/c1-5-17-6-7(2)15-12(16)10-8(3)9(4)19-11(10)14-13(15)18/h7H,5-6H2,1-4H3,(H,14,18). The highest BCUT2D eigenvalue weighted by Gasteiger charge is 2.16. The molecule has 19 heavy (non-hydrogen) atoms. The zero-order valence-corrected chi connectivity index (χ0v) is 13.2. The Hall–Kier alpha value is -0.980. The van der Waals surface area contributed by atoms with Gasteiger partial charge < -0.3 is 9.72 Å². The monoisotopic (exact) mass is 298 g/mol. The highest BCUT2D eigenvalue weighted by Crippen LogP contribution is 2.26. The molecule has 4 nitrogen and oxygen atoms in total. The van der Waals surface area contributed by atoms with E-state index < -0.39 is 0 Å². The molecule has 0 saturated carbocycles. The first kappa shape index (κ1) is 14.4. The fourth-order valence-corrected chi connectivity index (χ4v) is 3.59. The number of hydrogen-bond acceptors (Lipinski definition) is 4. The first-order valence-electron chi connectivity index (χ1n) is 6.29. The number of thiophene rings is 1. The van der Waals surface area contributed by atoms with E-state index in [4.69, 9.17) is 17.0 Å². The van der Waals surface area contributed by atoms with E-state index in [1.54, 1.807) is 15.9 Å². The second-order valence-electron chi connectivity index (χ2n) is 4.60. The van der Waals surface area contributed by atoms with Crippen molar-refractivity contribution in [3.05, 3.63) is 25.6 Å². The molecule has 2 aromatic rings. The van der Waals surface area contributed by atoms with E-state index in [1.165, 1.54) is 0 Å². The molecule has 0 radical (unpaired) electrons. The third-order valence-electron chi connectivity index (χ3n) is 3.26. The van der Waals surface area contributed by atoms with E-state index in [0.29, 0.717) is 18.0 Å². The predicted octanol–water partition coefficient (Wildman–Crippen LogP) is 3.33. The minimum atomic E-state index is -0.0693. The second-order valence-corrected chi connectivity index (χ2v) is 6.21. The van der Waals surface area contributed by atoms with Gasteiger partial charge in [-0.3, -0.25) is 9.36 Å². The lowest BCUT2D eigenvalue weighted by molar-refractivity contribution is 0.117. The summed E-state index contributed by atoms with van der Waals surface area (Å²) < 4.78 is 7.47. The maximum Gasteiger partial charge on any atom is 0.263 e. The molecule has 2 aromatic heterocycles. The largest absolute Gasteiger partial charge is 0.380 e. The van der Waals surface area contributed by atoms with E-state index in [1.807, 2.05) is 27.7 Å². The van der Waals surface area contributed by atoms with Gasteiger partial charge in [0.25, 0.3) is 5.56 Å². The number of ether oxygens (including phenoxy) is 1. The lowest BCUT2D eigenvalue weighted by Crippen LogP contribution is -2.27. The van der Waals surface area contributed by atoms with Crippen LogP contribution < -0.4 is 5.56 Å². The molecule has 0 aromatic carbocycles. The molecule has 0 amide bonds. The second kappa shape index (κ2) is 5.56. The quantitative estimate of drug-likeness (QED) is 0.881. The lowest BCUT2D eigenvalue weighted by Gasteiger charge is -2.15. The molecule has 1 atom stereocenters. The van der Waals surface area contributed by atoms with Gasteiger partial charge in [0.2, 0.25) is 0 Å². The maximum atomic E-state index is 12.6. The van der Waals surface area contributed by atoms with Crippen LogP contribution in [0.5, 0.6) is 0 Å². The fourth-order valence-electron chi connectivity index (χ4n) is 2.11. The molecular weight excluding hydrogens is 280 g/mol. The van der Waals surface area contributed by atoms with Gasteiger partial charge in [0.05, 0.1) is 18.0 Å². The minimum absolute atomic E-state index is 0.0206. The van der Waals surface area contributed by atoms with Crippen molar-refractivity contribution in [1.82, 2.24) is 9.55 Å². The molecule has 104 valence electrons. The van der Waals surface area contributed by atoms with Gasteiger partial charge in [0.1, 0.15) is 4.83 Å². The van der Waals surface area contributed by atoms with Gasteiger partial charge in [-0.1, -0.05) is 0 Å². The van der Waals surface area contributed by atoms with Gasteiger partial charge in [-0.15, -0.1) is 11.3 Å². The van der Waals surface area contributed by atoms with Crippen LogP contribution in [0.1, 0.15) is 30.3 Å². The molecule has 2 heterocycles. The molecule has 1 N–H and O–H groups in total. The van der Waals surface area contributed by atoms with Crippen LogP contribution in [-0.4, -0.2) is 22.8 Å². The molecule has 1 unspecified atom stereocenters. The molecule has 0 spiro atoms. The Morgan fingerprint density at radius 1 is 1.47 bits per heavy atom. The molecule has 0 aliphatic carbocycles. The number of H-pyrrole nitrogens is 1. The molecule has 0 aliphatic rings. The van der Waals surface area contributed by atoms with E-state index >= 15 is 0 Å². The van der Waals surface area contributed by atoms with Gasteiger partial charge in [0.15, 0.2) is 4.77 Å². The summed E-state index contributed by atoms with van der Waals surface area (Å²) in [5.74, 6) is 0. The number of aromatic amines is 1. The van der Waals surface area contributed by atoms with Crippen molar-refractivity contribution < 1.29 is 4.74 Å². The van der Waals surface area contributed by atoms with Gasteiger partial charge in [0, 0.05) is 11.5 Å². The normalized spacial score (nSPS) is 13.1. The van der Waals surface area contributed by atoms with Gasteiger partial charge in [-0.2, -0.15) is 0 Å². The summed E-state index contributed by atoms with van der Waals surface area (Å²) in [6.45, 7) is 9.00. The lowest BCUT2D eigenvalue weighted by atomic mass is 10.2. The average Bonchev–Trinajstić information content (AvgIpc) is 2.62. The van der Waals surface area contributed by atoms with Crippen LogP contribution >= 0.6 is 23.6 Å². The fraction of sp³-hybridized carbons (Fsp3) is 0.538. The van der Waals surface area contributed by atoms with Crippen molar-refractivity contribution >= 4 is 33.8 Å². The molecule has 0 fully saturated rings. The number of fused-ring (bicyclic) bond motifs is 1. The summed E-state index contributed by atoms with van der Waals surface area (Å²) >= 11 is 6.88. The molecule has 0 aliphatic heterocycles. The summed E-state index contributed by atoms with van der Waals surface area (Å²) in [4.78, 5) is 17.8. The minimum Gasteiger partial charge on any atom is -0.380 e. The van der Waals surface area contributed by atoms with Crippen LogP contribution in [-0.2, 0) is 4.74 Å². The van der Waals surface area contributed by atoms with E-state index in [9.17, 15) is 4.79 Å². The van der Waals surface area contributed by atoms with Crippen molar-refractivity contribution in [2.45, 2.75) is 33.7 Å². The van der Waals surface area contributed by atoms with Crippen LogP contribution in [0.3, 0.4) is 0 Å². The van der Waals surface area contributed by atoms with Crippen LogP contribution in [0.25, 0.3) is 10.2 Å². The zero-order valence-electron chi connectivity index (χ0n) is 11.6. The van der Waals surface area contributed by atoms with Crippen molar-refractivity contribution in [3.63, 3.8) is 0 Å². The first-order valence-corrected chi connectivity index (χ1v) is 7.52. The van der Waals surface area contributed by atoms with E-state index in [-0.39, 0.29) is 11.6 Å². The highest BCUT2D eigenvalue weighted by atomic mass is 32.1. The Balaban J connectivity index is 2.65. The van der Waals surface area contributed by atoms with Crippen molar-refractivity contribution in [3.8, 4) is 0 Å². The topological polar surface area (TPSA) is 47.0 Å². The first-order chi connectivity index (χ1) is 8.97. The van der Waals surface area contributed by atoms with Crippen molar-refractivity contribution in [2.24, 2.45) is 0 Å². The van der Waals surface area contributed by atoms with Crippen LogP contribution in [0.2, 0.25) is 0 Å². The van der Waals surface area contributed by atoms with Crippen molar-refractivity contribution in [1.29, 1.82) is 0 Å².